The van der Waals surface area contributed by atoms with Crippen LogP contribution in [0.2, 0.25) is 0 Å². The minimum atomic E-state index is -0.0285. The van der Waals surface area contributed by atoms with Crippen molar-refractivity contribution in [3.05, 3.63) is 28.7 Å². The Balaban J connectivity index is 1.62. The van der Waals surface area contributed by atoms with Crippen molar-refractivity contribution in [1.82, 2.24) is 0 Å². The van der Waals surface area contributed by atoms with Crippen LogP contribution in [0.4, 0.5) is 5.69 Å². The molecule has 4 rings (SSSR count). The van der Waals surface area contributed by atoms with Crippen LogP contribution in [0, 0.1) is 5.41 Å². The summed E-state index contributed by atoms with van der Waals surface area (Å²) < 4.78 is 7.16. The standard InChI is InChI=1S/C15H20BrNO2/c16-12-2-1-3-13(8-12)17-9-15-6-4-14(10-18,5-7-15)11-19-15/h1-3,8,17-18H,4-7,9-11H2. The number of ether oxygens (including phenoxy) is 1. The Morgan fingerprint density at radius 3 is 2.63 bits per heavy atom. The number of rotatable bonds is 4. The molecule has 0 aromatic heterocycles. The number of hydrogen-bond acceptors (Lipinski definition) is 3. The van der Waals surface area contributed by atoms with Gasteiger partial charge in [0.1, 0.15) is 0 Å². The van der Waals surface area contributed by atoms with Crippen LogP contribution in [0.25, 0.3) is 0 Å². The second-order valence-corrected chi connectivity index (χ2v) is 6.91. The van der Waals surface area contributed by atoms with Crippen molar-refractivity contribution >= 4 is 21.6 Å². The Morgan fingerprint density at radius 2 is 2.05 bits per heavy atom. The van der Waals surface area contributed by atoms with E-state index in [1.807, 2.05) is 12.1 Å². The van der Waals surface area contributed by atoms with Crippen molar-refractivity contribution in [1.29, 1.82) is 0 Å². The van der Waals surface area contributed by atoms with Crippen LogP contribution >= 0.6 is 15.9 Å². The molecule has 3 aliphatic rings. The van der Waals surface area contributed by atoms with Crippen LogP contribution in [0.15, 0.2) is 28.7 Å². The first-order valence-corrected chi connectivity index (χ1v) is 7.69. The fourth-order valence-electron chi connectivity index (χ4n) is 3.12. The van der Waals surface area contributed by atoms with Gasteiger partial charge in [-0.25, -0.2) is 0 Å². The fraction of sp³-hybridized carbons (Fsp3) is 0.600. The van der Waals surface area contributed by atoms with Crippen LogP contribution < -0.4 is 5.32 Å². The Kier molecular flexibility index (Phi) is 3.58. The van der Waals surface area contributed by atoms with E-state index in [2.05, 4.69) is 33.4 Å². The van der Waals surface area contributed by atoms with E-state index in [0.29, 0.717) is 6.61 Å². The maximum Gasteiger partial charge on any atom is 0.0854 e. The van der Waals surface area contributed by atoms with Gasteiger partial charge in [-0.05, 0) is 43.9 Å². The molecule has 2 saturated heterocycles. The molecule has 1 aromatic rings. The molecule has 1 aromatic carbocycles. The minimum Gasteiger partial charge on any atom is -0.396 e. The van der Waals surface area contributed by atoms with Crippen LogP contribution in [-0.2, 0) is 4.74 Å². The van der Waals surface area contributed by atoms with Gasteiger partial charge >= 0.3 is 0 Å². The zero-order valence-electron chi connectivity index (χ0n) is 11.0. The lowest BCUT2D eigenvalue weighted by Gasteiger charge is -2.52. The molecule has 2 aliphatic heterocycles. The molecule has 3 fully saturated rings. The summed E-state index contributed by atoms with van der Waals surface area (Å²) in [5, 5.41) is 13.0. The van der Waals surface area contributed by atoms with E-state index < -0.39 is 0 Å². The number of fused-ring (bicyclic) bond motifs is 3. The Bertz CT molecular complexity index is 439. The fourth-order valence-corrected chi connectivity index (χ4v) is 3.52. The normalized spacial score (nSPS) is 33.4. The maximum atomic E-state index is 9.49. The zero-order chi connectivity index (χ0) is 13.3. The predicted molar refractivity (Wildman–Crippen MR) is 79.3 cm³/mol. The largest absolute Gasteiger partial charge is 0.396 e. The van der Waals surface area contributed by atoms with Crippen molar-refractivity contribution in [2.45, 2.75) is 31.3 Å². The highest BCUT2D eigenvalue weighted by Crippen LogP contribution is 2.48. The first-order valence-electron chi connectivity index (χ1n) is 6.90. The van der Waals surface area contributed by atoms with Gasteiger partial charge in [-0.3, -0.25) is 0 Å². The molecule has 104 valence electrons. The Morgan fingerprint density at radius 1 is 1.26 bits per heavy atom. The number of benzene rings is 1. The zero-order valence-corrected chi connectivity index (χ0v) is 12.6. The third-order valence-electron chi connectivity index (χ3n) is 4.68. The quantitative estimate of drug-likeness (QED) is 0.893. The highest BCUT2D eigenvalue weighted by molar-refractivity contribution is 9.10. The average molecular weight is 326 g/mol. The highest BCUT2D eigenvalue weighted by atomic mass is 79.9. The smallest absolute Gasteiger partial charge is 0.0854 e. The van der Waals surface area contributed by atoms with Gasteiger partial charge in [-0.15, -0.1) is 0 Å². The first-order chi connectivity index (χ1) is 9.15. The number of halogens is 1. The van der Waals surface area contributed by atoms with Gasteiger partial charge in [0, 0.05) is 22.1 Å². The second-order valence-electron chi connectivity index (χ2n) is 5.99. The summed E-state index contributed by atoms with van der Waals surface area (Å²) >= 11 is 3.48. The van der Waals surface area contributed by atoms with Gasteiger partial charge in [0.05, 0.1) is 18.8 Å². The molecular formula is C15H20BrNO2. The first kappa shape index (κ1) is 13.4. The van der Waals surface area contributed by atoms with Crippen molar-refractivity contribution in [3.63, 3.8) is 0 Å². The molecule has 1 aliphatic carbocycles. The second kappa shape index (κ2) is 5.08. The van der Waals surface area contributed by atoms with Crippen LogP contribution in [0.3, 0.4) is 0 Å². The Labute approximate surface area is 122 Å². The summed E-state index contributed by atoms with van der Waals surface area (Å²) in [5.74, 6) is 0. The van der Waals surface area contributed by atoms with E-state index in [0.717, 1.165) is 42.4 Å². The van der Waals surface area contributed by atoms with Gasteiger partial charge in [-0.2, -0.15) is 0 Å². The molecule has 0 spiro atoms. The number of aliphatic hydroxyl groups excluding tert-OH is 1. The van der Waals surface area contributed by atoms with Crippen molar-refractivity contribution in [3.8, 4) is 0 Å². The SMILES string of the molecule is OCC12CCC(CNc3cccc(Br)c3)(CC1)OC2. The van der Waals surface area contributed by atoms with Crippen molar-refractivity contribution in [2.24, 2.45) is 5.41 Å². The molecule has 3 nitrogen and oxygen atoms in total. The number of anilines is 1. The van der Waals surface area contributed by atoms with E-state index in [9.17, 15) is 5.11 Å². The summed E-state index contributed by atoms with van der Waals surface area (Å²) in [7, 11) is 0. The summed E-state index contributed by atoms with van der Waals surface area (Å²) in [4.78, 5) is 0. The summed E-state index contributed by atoms with van der Waals surface area (Å²) in [5.41, 5.74) is 1.15. The van der Waals surface area contributed by atoms with E-state index >= 15 is 0 Å². The molecule has 1 saturated carbocycles. The molecule has 0 atom stereocenters. The number of hydrogen-bond donors (Lipinski definition) is 2. The van der Waals surface area contributed by atoms with Crippen LogP contribution in [-0.4, -0.2) is 30.5 Å². The van der Waals surface area contributed by atoms with E-state index in [1.165, 1.54) is 0 Å². The lowest BCUT2D eigenvalue weighted by Crippen LogP contribution is -2.55. The van der Waals surface area contributed by atoms with Gasteiger partial charge < -0.3 is 15.2 Å². The van der Waals surface area contributed by atoms with Gasteiger partial charge in [0.25, 0.3) is 0 Å². The van der Waals surface area contributed by atoms with Gasteiger partial charge in [0.2, 0.25) is 0 Å². The van der Waals surface area contributed by atoms with E-state index in [-0.39, 0.29) is 17.6 Å². The monoisotopic (exact) mass is 325 g/mol. The van der Waals surface area contributed by atoms with Crippen molar-refractivity contribution < 1.29 is 9.84 Å². The van der Waals surface area contributed by atoms with E-state index in [4.69, 9.17) is 4.74 Å². The topological polar surface area (TPSA) is 41.5 Å². The molecule has 0 radical (unpaired) electrons. The molecule has 19 heavy (non-hydrogen) atoms. The molecule has 4 heteroatoms. The molecular weight excluding hydrogens is 306 g/mol. The summed E-state index contributed by atoms with van der Waals surface area (Å²) in [6.45, 7) is 1.83. The predicted octanol–water partition coefficient (Wildman–Crippen LogP) is 3.18. The van der Waals surface area contributed by atoms with Crippen LogP contribution in [0.1, 0.15) is 25.7 Å². The van der Waals surface area contributed by atoms with Gasteiger partial charge in [-0.1, -0.05) is 22.0 Å². The lowest BCUT2D eigenvalue weighted by atomic mass is 9.66. The highest BCUT2D eigenvalue weighted by Gasteiger charge is 2.49. The molecule has 0 unspecified atom stereocenters. The molecule has 2 heterocycles. The summed E-state index contributed by atoms with van der Waals surface area (Å²) in [6.07, 6.45) is 4.27. The molecule has 0 amide bonds. The molecule has 2 N–H and O–H groups in total. The average Bonchev–Trinajstić information content (AvgIpc) is 2.47. The molecule has 2 bridgehead atoms. The third kappa shape index (κ3) is 2.67. The number of aliphatic hydroxyl groups is 1. The minimum absolute atomic E-state index is 0.0285. The third-order valence-corrected chi connectivity index (χ3v) is 5.17. The van der Waals surface area contributed by atoms with Crippen LogP contribution in [0.5, 0.6) is 0 Å². The maximum absolute atomic E-state index is 9.49. The number of nitrogens with one attached hydrogen (secondary N) is 1. The van der Waals surface area contributed by atoms with E-state index in [1.54, 1.807) is 0 Å². The van der Waals surface area contributed by atoms with Gasteiger partial charge in [0.15, 0.2) is 0 Å². The lowest BCUT2D eigenvalue weighted by molar-refractivity contribution is -0.186. The van der Waals surface area contributed by atoms with Crippen molar-refractivity contribution in [2.75, 3.05) is 25.1 Å². The Hall–Kier alpha value is -0.580. The summed E-state index contributed by atoms with van der Waals surface area (Å²) in [6, 6.07) is 8.21.